The lowest BCUT2D eigenvalue weighted by molar-refractivity contribution is 0.0950. The number of nitrogens with zero attached hydrogens (tertiary/aromatic N) is 2. The molecule has 0 aliphatic rings. The molecule has 0 radical (unpaired) electrons. The second-order valence-corrected chi connectivity index (χ2v) is 12.7. The average molecular weight is 599 g/mol. The molecule has 9 nitrogen and oxygen atoms in total. The van der Waals surface area contributed by atoms with Gasteiger partial charge in [0.2, 0.25) is 10.0 Å². The van der Waals surface area contributed by atoms with E-state index in [0.29, 0.717) is 44.8 Å². The summed E-state index contributed by atoms with van der Waals surface area (Å²) in [7, 11) is -3.78. The number of nitrogens with one attached hydrogen (secondary N) is 2. The van der Waals surface area contributed by atoms with Crippen LogP contribution in [0, 0.1) is 18.3 Å². The number of carbonyl (C=O) groups is 1. The summed E-state index contributed by atoms with van der Waals surface area (Å²) in [5.41, 5.74) is 3.95. The van der Waals surface area contributed by atoms with Gasteiger partial charge in [-0.1, -0.05) is 42.5 Å². The minimum absolute atomic E-state index is 0.101. The topological polar surface area (TPSA) is 141 Å². The molecule has 1 amide bonds. The Bertz CT molecular complexity index is 1770. The van der Waals surface area contributed by atoms with Crippen LogP contribution in [0.25, 0.3) is 11.1 Å². The summed E-state index contributed by atoms with van der Waals surface area (Å²) in [6.07, 6.45) is 1.59. The summed E-state index contributed by atoms with van der Waals surface area (Å²) < 4.78 is 34.8. The highest BCUT2D eigenvalue weighted by atomic mass is 32.2. The van der Waals surface area contributed by atoms with Crippen LogP contribution in [0.4, 0.5) is 0 Å². The van der Waals surface area contributed by atoms with Crippen LogP contribution in [0.3, 0.4) is 0 Å². The molecule has 0 saturated carbocycles. The van der Waals surface area contributed by atoms with Crippen molar-refractivity contribution in [1.29, 1.82) is 5.26 Å². The Hall–Kier alpha value is -4.56. The van der Waals surface area contributed by atoms with Crippen LogP contribution in [0.15, 0.2) is 83.9 Å². The van der Waals surface area contributed by atoms with Crippen molar-refractivity contribution in [1.82, 2.24) is 15.0 Å². The van der Waals surface area contributed by atoms with E-state index in [1.165, 1.54) is 0 Å². The Morgan fingerprint density at radius 1 is 1.05 bits per heavy atom. The first-order chi connectivity index (χ1) is 20.4. The molecule has 0 unspecified atom stereocenters. The molecule has 1 heterocycles. The van der Waals surface area contributed by atoms with E-state index in [2.05, 4.69) is 21.1 Å². The number of rotatable bonds is 10. The number of sulfonamides is 1. The van der Waals surface area contributed by atoms with Crippen LogP contribution in [-0.2, 0) is 29.8 Å². The number of aliphatic hydroxyl groups is 1. The number of pyridine rings is 1. The average Bonchev–Trinajstić information content (AvgIpc) is 2.98. The van der Waals surface area contributed by atoms with Gasteiger partial charge in [0.05, 0.1) is 28.8 Å². The summed E-state index contributed by atoms with van der Waals surface area (Å²) in [5, 5.41) is 22.2. The molecule has 0 bridgehead atoms. The van der Waals surface area contributed by atoms with E-state index in [9.17, 15) is 18.3 Å². The monoisotopic (exact) mass is 598 g/mol. The molecule has 0 aliphatic carbocycles. The first-order valence-electron chi connectivity index (χ1n) is 13.6. The number of nitriles is 1. The highest BCUT2D eigenvalue weighted by Gasteiger charge is 2.25. The third kappa shape index (κ3) is 7.84. The zero-order chi connectivity index (χ0) is 31.2. The summed E-state index contributed by atoms with van der Waals surface area (Å²) in [6, 6.07) is 22.6. The maximum atomic E-state index is 13.1. The fourth-order valence-electron chi connectivity index (χ4n) is 4.56. The molecule has 4 rings (SSSR count). The van der Waals surface area contributed by atoms with Gasteiger partial charge < -0.3 is 15.2 Å². The number of hydrogen-bond acceptors (Lipinski definition) is 7. The molecular formula is C33H34N4O5S. The smallest absolute Gasteiger partial charge is 0.251 e. The normalized spacial score (nSPS) is 11.5. The van der Waals surface area contributed by atoms with E-state index in [1.807, 2.05) is 6.07 Å². The molecule has 222 valence electrons. The third-order valence-corrected chi connectivity index (χ3v) is 8.33. The first kappa shape index (κ1) is 31.4. The maximum Gasteiger partial charge on any atom is 0.251 e. The molecule has 1 aromatic heterocycles. The van der Waals surface area contributed by atoms with E-state index in [-0.39, 0.29) is 30.6 Å². The molecule has 0 atom stereocenters. The van der Waals surface area contributed by atoms with E-state index in [1.54, 1.807) is 101 Å². The highest BCUT2D eigenvalue weighted by molar-refractivity contribution is 7.89. The van der Waals surface area contributed by atoms with Crippen molar-refractivity contribution in [2.75, 3.05) is 0 Å². The van der Waals surface area contributed by atoms with E-state index in [0.717, 1.165) is 5.56 Å². The summed E-state index contributed by atoms with van der Waals surface area (Å²) in [6.45, 7) is 7.08. The number of carbonyl (C=O) groups excluding carboxylic acids is 1. The fourth-order valence-corrected chi connectivity index (χ4v) is 6.20. The zero-order valence-corrected chi connectivity index (χ0v) is 25.3. The van der Waals surface area contributed by atoms with Crippen molar-refractivity contribution in [2.24, 2.45) is 0 Å². The van der Waals surface area contributed by atoms with Crippen LogP contribution in [0.2, 0.25) is 0 Å². The predicted molar refractivity (Wildman–Crippen MR) is 164 cm³/mol. The standard InChI is InChI=1S/C33H34N4O5S/c1-22-31(42-21-24-9-7-8-23(16-24)17-34)29(20-38)27(18-35-22)19-36-32(39)26-14-12-25(13-15-26)28-10-5-6-11-30(28)43(40,41)37-33(2,3)4/h5-16,18,37-38H,19-21H2,1-4H3,(H,36,39). The lowest BCUT2D eigenvalue weighted by Gasteiger charge is -2.21. The van der Waals surface area contributed by atoms with Gasteiger partial charge in [-0.25, -0.2) is 13.1 Å². The van der Waals surface area contributed by atoms with Gasteiger partial charge in [-0.3, -0.25) is 9.78 Å². The van der Waals surface area contributed by atoms with Crippen molar-refractivity contribution in [2.45, 2.75) is 57.9 Å². The Labute approximate surface area is 252 Å². The summed E-state index contributed by atoms with van der Waals surface area (Å²) in [4.78, 5) is 17.6. The zero-order valence-electron chi connectivity index (χ0n) is 24.5. The number of hydrogen-bond donors (Lipinski definition) is 3. The molecule has 0 spiro atoms. The molecule has 3 N–H and O–H groups in total. The van der Waals surface area contributed by atoms with Gasteiger partial charge in [0.1, 0.15) is 12.4 Å². The van der Waals surface area contributed by atoms with Gasteiger partial charge in [-0.2, -0.15) is 5.26 Å². The molecular weight excluding hydrogens is 564 g/mol. The lowest BCUT2D eigenvalue weighted by Crippen LogP contribution is -2.40. The second-order valence-electron chi connectivity index (χ2n) is 11.0. The van der Waals surface area contributed by atoms with Crippen LogP contribution >= 0.6 is 0 Å². The van der Waals surface area contributed by atoms with Crippen molar-refractivity contribution in [3.63, 3.8) is 0 Å². The van der Waals surface area contributed by atoms with Gasteiger partial charge in [-0.05, 0) is 74.7 Å². The Morgan fingerprint density at radius 2 is 1.77 bits per heavy atom. The molecule has 3 aromatic carbocycles. The number of aliphatic hydroxyl groups excluding tert-OH is 1. The van der Waals surface area contributed by atoms with Gasteiger partial charge in [0, 0.05) is 35.0 Å². The molecule has 43 heavy (non-hydrogen) atoms. The Kier molecular flexibility index (Phi) is 9.61. The van der Waals surface area contributed by atoms with E-state index < -0.39 is 15.6 Å². The minimum Gasteiger partial charge on any atom is -0.487 e. The highest BCUT2D eigenvalue weighted by Crippen LogP contribution is 2.29. The van der Waals surface area contributed by atoms with Crippen molar-refractivity contribution in [3.8, 4) is 22.9 Å². The molecule has 0 fully saturated rings. The Morgan fingerprint density at radius 3 is 2.44 bits per heavy atom. The van der Waals surface area contributed by atoms with Crippen LogP contribution in [-0.4, -0.2) is 30.0 Å². The van der Waals surface area contributed by atoms with E-state index in [4.69, 9.17) is 10.00 Å². The lowest BCUT2D eigenvalue weighted by atomic mass is 10.0. The fraction of sp³-hybridized carbons (Fsp3) is 0.242. The van der Waals surface area contributed by atoms with Crippen molar-refractivity contribution < 1.29 is 23.1 Å². The largest absolute Gasteiger partial charge is 0.487 e. The van der Waals surface area contributed by atoms with Crippen LogP contribution in [0.1, 0.15) is 59.1 Å². The van der Waals surface area contributed by atoms with Crippen molar-refractivity contribution >= 4 is 15.9 Å². The number of amides is 1. The van der Waals surface area contributed by atoms with Gasteiger partial charge in [0.25, 0.3) is 5.91 Å². The van der Waals surface area contributed by atoms with Gasteiger partial charge in [0.15, 0.2) is 0 Å². The number of aromatic nitrogens is 1. The summed E-state index contributed by atoms with van der Waals surface area (Å²) in [5.74, 6) is 0.0811. The number of aryl methyl sites for hydroxylation is 1. The molecule has 4 aromatic rings. The molecule has 0 saturated heterocycles. The van der Waals surface area contributed by atoms with Crippen LogP contribution < -0.4 is 14.8 Å². The second kappa shape index (κ2) is 13.2. The van der Waals surface area contributed by atoms with Crippen molar-refractivity contribution in [3.05, 3.63) is 113 Å². The molecule has 0 aliphatic heterocycles. The predicted octanol–water partition coefficient (Wildman–Crippen LogP) is 5.01. The SMILES string of the molecule is Cc1ncc(CNC(=O)c2ccc(-c3ccccc3S(=O)(=O)NC(C)(C)C)cc2)c(CO)c1OCc1cccc(C#N)c1. The van der Waals surface area contributed by atoms with Gasteiger partial charge in [-0.15, -0.1) is 0 Å². The number of ether oxygens (including phenoxy) is 1. The summed E-state index contributed by atoms with van der Waals surface area (Å²) >= 11 is 0. The Balaban J connectivity index is 1.48. The maximum absolute atomic E-state index is 13.1. The third-order valence-electron chi connectivity index (χ3n) is 6.52. The van der Waals surface area contributed by atoms with Crippen LogP contribution in [0.5, 0.6) is 5.75 Å². The quantitative estimate of drug-likeness (QED) is 0.233. The minimum atomic E-state index is -3.78. The number of benzene rings is 3. The first-order valence-corrected chi connectivity index (χ1v) is 15.1. The van der Waals surface area contributed by atoms with E-state index >= 15 is 0 Å². The van der Waals surface area contributed by atoms with Gasteiger partial charge >= 0.3 is 0 Å². The molecule has 10 heteroatoms.